The second-order valence-corrected chi connectivity index (χ2v) is 3.63. The molecule has 0 unspecified atom stereocenters. The van der Waals surface area contributed by atoms with Crippen molar-refractivity contribution in [2.75, 3.05) is 0 Å². The zero-order valence-corrected chi connectivity index (χ0v) is 12.5. The second-order valence-electron chi connectivity index (χ2n) is 3.63. The third-order valence-corrected chi connectivity index (χ3v) is 2.42. The van der Waals surface area contributed by atoms with E-state index >= 15 is 0 Å². The number of nitrogens with one attached hydrogen (secondary N) is 1. The number of fused-ring (bicyclic) bond motifs is 1. The van der Waals surface area contributed by atoms with Crippen LogP contribution >= 0.6 is 0 Å². The van der Waals surface area contributed by atoms with Gasteiger partial charge in [0.25, 0.3) is 0 Å². The predicted octanol–water partition coefficient (Wildman–Crippen LogP) is 2.19. The van der Waals surface area contributed by atoms with E-state index in [-0.39, 0.29) is 57.8 Å². The fourth-order valence-corrected chi connectivity index (χ4v) is 1.70. The monoisotopic (exact) mass is 242 g/mol. The largest absolute Gasteiger partial charge is 0.481 e. The molecule has 0 saturated carbocycles. The third kappa shape index (κ3) is 3.71. The number of aliphatic carboxylic acids is 1. The van der Waals surface area contributed by atoms with E-state index < -0.39 is 5.97 Å². The molecule has 2 aromatic rings. The first-order valence-corrected chi connectivity index (χ1v) is 5.04. The molecule has 0 bridgehead atoms. The van der Waals surface area contributed by atoms with Crippen molar-refractivity contribution >= 4 is 68.3 Å². The van der Waals surface area contributed by atoms with Gasteiger partial charge >= 0.3 is 5.97 Å². The van der Waals surface area contributed by atoms with Crippen LogP contribution in [0.2, 0.25) is 0 Å². The van der Waals surface area contributed by atoms with Gasteiger partial charge in [0, 0.05) is 69.0 Å². The first-order valence-electron chi connectivity index (χ1n) is 5.04. The van der Waals surface area contributed by atoms with E-state index in [0.717, 1.165) is 17.6 Å². The molecule has 2 N–H and O–H groups in total. The Labute approximate surface area is 137 Å². The van der Waals surface area contributed by atoms with Gasteiger partial charge in [-0.2, -0.15) is 0 Å². The van der Waals surface area contributed by atoms with Crippen LogP contribution in [-0.4, -0.2) is 67.4 Å². The second kappa shape index (κ2) is 6.57. The van der Waals surface area contributed by atoms with E-state index in [1.165, 1.54) is 5.39 Å². The van der Waals surface area contributed by atoms with Crippen LogP contribution in [0.4, 0.5) is 0 Å². The number of carboxylic acids is 1. The topological polar surface area (TPSA) is 53.1 Å². The molecule has 16 heavy (non-hydrogen) atoms. The minimum Gasteiger partial charge on any atom is -0.481 e. The Kier molecular flexibility index (Phi) is 5.72. The number of hydrogen-bond donors (Lipinski definition) is 2. The number of aromatic amines is 1. The average molecular weight is 242 g/mol. The van der Waals surface area contributed by atoms with Gasteiger partial charge < -0.3 is 10.1 Å². The minimum atomic E-state index is -0.730. The molecular formula is C12H13KNO2. The molecule has 1 radical (unpaired) electrons. The molecule has 4 heteroatoms. The summed E-state index contributed by atoms with van der Waals surface area (Å²) in [6.45, 7) is 0. The number of rotatable bonds is 4. The molecule has 0 spiro atoms. The first kappa shape index (κ1) is 13.9. The molecule has 0 aliphatic heterocycles. The van der Waals surface area contributed by atoms with Gasteiger partial charge in [0.2, 0.25) is 0 Å². The number of aromatic nitrogens is 1. The molecule has 3 nitrogen and oxygen atoms in total. The van der Waals surface area contributed by atoms with Crippen LogP contribution in [0.5, 0.6) is 0 Å². The van der Waals surface area contributed by atoms with Crippen molar-refractivity contribution in [2.45, 2.75) is 19.3 Å². The third-order valence-electron chi connectivity index (χ3n) is 2.42. The van der Waals surface area contributed by atoms with Crippen LogP contribution < -0.4 is 0 Å². The molecule has 2 rings (SSSR count). The summed E-state index contributed by atoms with van der Waals surface area (Å²) in [5, 5.41) is 9.70. The van der Waals surface area contributed by atoms with Crippen molar-refractivity contribution < 1.29 is 9.90 Å². The number of hydrogen-bond acceptors (Lipinski definition) is 1. The van der Waals surface area contributed by atoms with Crippen molar-refractivity contribution in [3.8, 4) is 0 Å². The summed E-state index contributed by atoms with van der Waals surface area (Å²) >= 11 is 0. The molecule has 79 valence electrons. The Morgan fingerprint density at radius 3 is 2.75 bits per heavy atom. The smallest absolute Gasteiger partial charge is 0.303 e. The summed E-state index contributed by atoms with van der Waals surface area (Å²) in [7, 11) is 0. The summed E-state index contributed by atoms with van der Waals surface area (Å²) in [6.07, 6.45) is 1.71. The summed E-state index contributed by atoms with van der Waals surface area (Å²) in [5.41, 5.74) is 2.22. The average Bonchev–Trinajstić information content (AvgIpc) is 2.59. The van der Waals surface area contributed by atoms with Crippen molar-refractivity contribution in [3.05, 3.63) is 36.0 Å². The molecule has 1 aromatic heterocycles. The Morgan fingerprint density at radius 1 is 1.31 bits per heavy atom. The number of para-hydroxylation sites is 1. The first-order chi connectivity index (χ1) is 7.25. The van der Waals surface area contributed by atoms with Crippen LogP contribution in [0.3, 0.4) is 0 Å². The molecule has 0 aliphatic rings. The predicted molar refractivity (Wildman–Crippen MR) is 64.6 cm³/mol. The Morgan fingerprint density at radius 2 is 2.06 bits per heavy atom. The van der Waals surface area contributed by atoms with Gasteiger partial charge in [0.05, 0.1) is 0 Å². The van der Waals surface area contributed by atoms with Crippen molar-refractivity contribution in [2.24, 2.45) is 0 Å². The molecular weight excluding hydrogens is 229 g/mol. The van der Waals surface area contributed by atoms with Gasteiger partial charge in [0.1, 0.15) is 0 Å². The zero-order valence-electron chi connectivity index (χ0n) is 9.36. The normalized spacial score (nSPS) is 10.0. The van der Waals surface area contributed by atoms with E-state index in [4.69, 9.17) is 5.11 Å². The van der Waals surface area contributed by atoms with E-state index in [2.05, 4.69) is 11.1 Å². The van der Waals surface area contributed by atoms with Crippen molar-refractivity contribution in [1.82, 2.24) is 4.98 Å². The van der Waals surface area contributed by atoms with Gasteiger partial charge in [-0.3, -0.25) is 4.79 Å². The van der Waals surface area contributed by atoms with E-state index in [1.54, 1.807) is 0 Å². The number of aryl methyl sites for hydroxylation is 1. The van der Waals surface area contributed by atoms with Crippen molar-refractivity contribution in [3.63, 3.8) is 0 Å². The fraction of sp³-hybridized carbons (Fsp3) is 0.250. The Bertz CT molecular complexity index is 446. The SMILES string of the molecule is O=C(O)CCCc1cc2ccccc2[nH]1.[K]. The molecule has 0 fully saturated rings. The van der Waals surface area contributed by atoms with E-state index in [1.807, 2.05) is 24.3 Å². The van der Waals surface area contributed by atoms with Gasteiger partial charge in [-0.05, 0) is 30.4 Å². The van der Waals surface area contributed by atoms with Crippen LogP contribution in [0.25, 0.3) is 10.9 Å². The molecule has 0 amide bonds. The van der Waals surface area contributed by atoms with Crippen LogP contribution in [-0.2, 0) is 11.2 Å². The fourth-order valence-electron chi connectivity index (χ4n) is 1.70. The Hall–Kier alpha value is -0.134. The maximum atomic E-state index is 10.4. The van der Waals surface area contributed by atoms with Crippen LogP contribution in [0.15, 0.2) is 30.3 Å². The van der Waals surface area contributed by atoms with Crippen LogP contribution in [0, 0.1) is 0 Å². The summed E-state index contributed by atoms with van der Waals surface area (Å²) in [6, 6.07) is 10.1. The van der Waals surface area contributed by atoms with Gasteiger partial charge in [-0.1, -0.05) is 18.2 Å². The summed E-state index contributed by atoms with van der Waals surface area (Å²) < 4.78 is 0. The van der Waals surface area contributed by atoms with Crippen molar-refractivity contribution in [1.29, 1.82) is 0 Å². The summed E-state index contributed by atoms with van der Waals surface area (Å²) in [5.74, 6) is -0.730. The molecule has 1 heterocycles. The maximum absolute atomic E-state index is 10.4. The molecule has 1 aromatic carbocycles. The van der Waals surface area contributed by atoms with Crippen LogP contribution in [0.1, 0.15) is 18.5 Å². The maximum Gasteiger partial charge on any atom is 0.303 e. The molecule has 0 atom stereocenters. The zero-order chi connectivity index (χ0) is 10.7. The quantitative estimate of drug-likeness (QED) is 0.807. The minimum absolute atomic E-state index is 0. The number of benzene rings is 1. The molecule has 0 aliphatic carbocycles. The molecule has 0 saturated heterocycles. The standard InChI is InChI=1S/C12H13NO2.K/c14-12(15)7-3-5-10-8-9-4-1-2-6-11(9)13-10;/h1-2,4,6,8,13H,3,5,7H2,(H,14,15);. The van der Waals surface area contributed by atoms with Gasteiger partial charge in [0.15, 0.2) is 0 Å². The summed E-state index contributed by atoms with van der Waals surface area (Å²) in [4.78, 5) is 13.6. The van der Waals surface area contributed by atoms with Gasteiger partial charge in [-0.15, -0.1) is 0 Å². The van der Waals surface area contributed by atoms with E-state index in [9.17, 15) is 4.79 Å². The number of H-pyrrole nitrogens is 1. The number of carbonyl (C=O) groups is 1. The van der Waals surface area contributed by atoms with Gasteiger partial charge in [-0.25, -0.2) is 0 Å². The Balaban J connectivity index is 0.00000128. The number of carboxylic acid groups (broad SMARTS) is 1. The van der Waals surface area contributed by atoms with E-state index in [0.29, 0.717) is 6.42 Å².